The molecule has 254 valence electrons. The van der Waals surface area contributed by atoms with E-state index < -0.39 is 0 Å². The van der Waals surface area contributed by atoms with Crippen LogP contribution in [0.1, 0.15) is 105 Å². The molecule has 6 rings (SSSR count). The molecule has 0 saturated heterocycles. The molecule has 49 heavy (non-hydrogen) atoms. The number of hydrogen-bond donors (Lipinski definition) is 0. The Labute approximate surface area is 303 Å². The van der Waals surface area contributed by atoms with Gasteiger partial charge in [-0.1, -0.05) is 135 Å². The molecule has 0 amide bonds. The highest BCUT2D eigenvalue weighted by Gasteiger charge is 2.23. The van der Waals surface area contributed by atoms with Gasteiger partial charge in [0.15, 0.2) is 0 Å². The molecular formula is C46H53BrN2. The molecular weight excluding hydrogens is 660 g/mol. The molecule has 3 heteroatoms. The third-order valence-electron chi connectivity index (χ3n) is 9.86. The molecule has 6 aromatic rings. The Kier molecular flexibility index (Phi) is 8.72. The van der Waals surface area contributed by atoms with Crippen molar-refractivity contribution in [3.63, 3.8) is 0 Å². The third-order valence-corrected chi connectivity index (χ3v) is 10.3. The molecule has 0 saturated carbocycles. The summed E-state index contributed by atoms with van der Waals surface area (Å²) >= 11 is 3.87. The van der Waals surface area contributed by atoms with E-state index in [9.17, 15) is 0 Å². The standard InChI is InChI=1S/C46H53BrN2/c1-43(2,3)30-13-18-35(19-14-30)48(38-26-33(46(10,11)12)25-34(47)28-38)37-22-23-39-40-27-32(45(7,8)9)17-24-41(40)49(42(39)29-37)36-20-15-31(16-21-36)44(4,5)6/h13-29H,1-12H3. The number of hydrogen-bond acceptors (Lipinski definition) is 1. The summed E-state index contributed by atoms with van der Waals surface area (Å²) in [5.74, 6) is 0. The summed E-state index contributed by atoms with van der Waals surface area (Å²) in [6.07, 6.45) is 0. The van der Waals surface area contributed by atoms with Gasteiger partial charge in [-0.3, -0.25) is 0 Å². The average molecular weight is 714 g/mol. The van der Waals surface area contributed by atoms with Crippen molar-refractivity contribution in [2.75, 3.05) is 4.90 Å². The largest absolute Gasteiger partial charge is 0.310 e. The van der Waals surface area contributed by atoms with E-state index in [-0.39, 0.29) is 21.7 Å². The zero-order chi connectivity index (χ0) is 35.7. The van der Waals surface area contributed by atoms with Gasteiger partial charge in [-0.15, -0.1) is 0 Å². The molecule has 0 radical (unpaired) electrons. The Bertz CT molecular complexity index is 2140. The average Bonchev–Trinajstić information content (AvgIpc) is 3.32. The molecule has 0 fully saturated rings. The highest BCUT2D eigenvalue weighted by molar-refractivity contribution is 9.10. The Balaban J connectivity index is 1.64. The lowest BCUT2D eigenvalue weighted by Crippen LogP contribution is -2.15. The minimum Gasteiger partial charge on any atom is -0.310 e. The summed E-state index contributed by atoms with van der Waals surface area (Å²) in [7, 11) is 0. The smallest absolute Gasteiger partial charge is 0.0561 e. The van der Waals surface area contributed by atoms with Crippen LogP contribution in [-0.4, -0.2) is 4.57 Å². The van der Waals surface area contributed by atoms with Gasteiger partial charge in [-0.25, -0.2) is 0 Å². The number of fused-ring (bicyclic) bond motifs is 3. The van der Waals surface area contributed by atoms with Gasteiger partial charge in [0.25, 0.3) is 0 Å². The highest BCUT2D eigenvalue weighted by Crippen LogP contribution is 2.43. The molecule has 0 N–H and O–H groups in total. The Hall–Kier alpha value is -3.82. The molecule has 0 aliphatic heterocycles. The van der Waals surface area contributed by atoms with Crippen LogP contribution in [0.2, 0.25) is 0 Å². The van der Waals surface area contributed by atoms with Crippen LogP contribution < -0.4 is 4.90 Å². The summed E-state index contributed by atoms with van der Waals surface area (Å²) in [6.45, 7) is 27.4. The summed E-state index contributed by atoms with van der Waals surface area (Å²) in [6, 6.07) is 39.2. The van der Waals surface area contributed by atoms with Crippen LogP contribution in [0.4, 0.5) is 17.1 Å². The topological polar surface area (TPSA) is 8.17 Å². The van der Waals surface area contributed by atoms with E-state index in [1.807, 2.05) is 0 Å². The minimum atomic E-state index is 0.000645. The molecule has 1 heterocycles. The minimum absolute atomic E-state index is 0.000645. The number of benzene rings is 5. The Morgan fingerprint density at radius 2 is 0.918 bits per heavy atom. The fourth-order valence-corrected chi connectivity index (χ4v) is 7.18. The van der Waals surface area contributed by atoms with Gasteiger partial charge >= 0.3 is 0 Å². The first-order chi connectivity index (χ1) is 22.7. The Morgan fingerprint density at radius 1 is 0.408 bits per heavy atom. The molecule has 0 bridgehead atoms. The zero-order valence-electron chi connectivity index (χ0n) is 31.6. The number of anilines is 3. The third kappa shape index (κ3) is 6.97. The molecule has 5 aromatic carbocycles. The van der Waals surface area contributed by atoms with Crippen LogP contribution in [0.15, 0.2) is 108 Å². The lowest BCUT2D eigenvalue weighted by Gasteiger charge is -2.29. The van der Waals surface area contributed by atoms with E-state index in [0.717, 1.165) is 21.5 Å². The lowest BCUT2D eigenvalue weighted by atomic mass is 9.86. The SMILES string of the molecule is CC(C)(C)c1ccc(N(c2cc(Br)cc(C(C)(C)C)c2)c2ccc3c4cc(C(C)(C)C)ccc4n(-c4ccc(C(C)(C)C)cc4)c3c2)cc1. The van der Waals surface area contributed by atoms with Crippen molar-refractivity contribution in [1.29, 1.82) is 0 Å². The summed E-state index contributed by atoms with van der Waals surface area (Å²) in [5.41, 5.74) is 12.5. The summed E-state index contributed by atoms with van der Waals surface area (Å²) in [5, 5.41) is 2.55. The van der Waals surface area contributed by atoms with Crippen molar-refractivity contribution in [2.24, 2.45) is 0 Å². The van der Waals surface area contributed by atoms with Crippen molar-refractivity contribution >= 4 is 54.8 Å². The van der Waals surface area contributed by atoms with E-state index >= 15 is 0 Å². The number of rotatable bonds is 4. The number of halogens is 1. The molecule has 0 aliphatic rings. The van der Waals surface area contributed by atoms with Gasteiger partial charge in [0.2, 0.25) is 0 Å². The quantitative estimate of drug-likeness (QED) is 0.177. The molecule has 0 unspecified atom stereocenters. The number of nitrogens with zero attached hydrogens (tertiary/aromatic N) is 2. The second-order valence-electron chi connectivity index (χ2n) is 17.9. The maximum Gasteiger partial charge on any atom is 0.0561 e. The molecule has 0 spiro atoms. The fourth-order valence-electron chi connectivity index (χ4n) is 6.70. The van der Waals surface area contributed by atoms with E-state index in [2.05, 4.69) is 212 Å². The molecule has 0 atom stereocenters. The van der Waals surface area contributed by atoms with Gasteiger partial charge in [-0.05, 0) is 111 Å². The van der Waals surface area contributed by atoms with Gasteiger partial charge in [0.1, 0.15) is 0 Å². The van der Waals surface area contributed by atoms with Gasteiger partial charge in [-0.2, -0.15) is 0 Å². The van der Waals surface area contributed by atoms with Crippen molar-refractivity contribution in [3.05, 3.63) is 130 Å². The lowest BCUT2D eigenvalue weighted by molar-refractivity contribution is 0.589. The van der Waals surface area contributed by atoms with E-state index in [1.54, 1.807) is 0 Å². The fraction of sp³-hybridized carbons (Fsp3) is 0.348. The zero-order valence-corrected chi connectivity index (χ0v) is 33.2. The normalized spacial score (nSPS) is 13.0. The second kappa shape index (κ2) is 12.2. The van der Waals surface area contributed by atoms with E-state index in [0.29, 0.717) is 0 Å². The second-order valence-corrected chi connectivity index (χ2v) is 18.8. The maximum atomic E-state index is 3.87. The molecule has 2 nitrogen and oxygen atoms in total. The van der Waals surface area contributed by atoms with Crippen molar-refractivity contribution in [2.45, 2.75) is 105 Å². The van der Waals surface area contributed by atoms with Gasteiger partial charge in [0, 0.05) is 38.0 Å². The van der Waals surface area contributed by atoms with Crippen LogP contribution >= 0.6 is 15.9 Å². The first-order valence-electron chi connectivity index (χ1n) is 17.6. The van der Waals surface area contributed by atoms with Crippen LogP contribution in [0.5, 0.6) is 0 Å². The predicted molar refractivity (Wildman–Crippen MR) is 218 cm³/mol. The van der Waals surface area contributed by atoms with Crippen molar-refractivity contribution in [1.82, 2.24) is 4.57 Å². The number of aromatic nitrogens is 1. The van der Waals surface area contributed by atoms with Gasteiger partial charge in [0.05, 0.1) is 11.0 Å². The Morgan fingerprint density at radius 3 is 1.47 bits per heavy atom. The van der Waals surface area contributed by atoms with E-state index in [4.69, 9.17) is 0 Å². The predicted octanol–water partition coefficient (Wildman–Crippen LogP) is 14.2. The van der Waals surface area contributed by atoms with Crippen LogP contribution in [0.25, 0.3) is 27.5 Å². The van der Waals surface area contributed by atoms with Gasteiger partial charge < -0.3 is 9.47 Å². The maximum absolute atomic E-state index is 3.87. The van der Waals surface area contributed by atoms with Crippen LogP contribution in [0, 0.1) is 0 Å². The molecule has 1 aromatic heterocycles. The first-order valence-corrected chi connectivity index (χ1v) is 18.4. The molecule has 0 aliphatic carbocycles. The van der Waals surface area contributed by atoms with Crippen LogP contribution in [0.3, 0.4) is 0 Å². The monoisotopic (exact) mass is 712 g/mol. The highest BCUT2D eigenvalue weighted by atomic mass is 79.9. The first kappa shape index (κ1) is 35.0. The van der Waals surface area contributed by atoms with E-state index in [1.165, 1.54) is 49.7 Å². The summed E-state index contributed by atoms with van der Waals surface area (Å²) in [4.78, 5) is 2.41. The van der Waals surface area contributed by atoms with Crippen LogP contribution in [-0.2, 0) is 21.7 Å². The summed E-state index contributed by atoms with van der Waals surface area (Å²) < 4.78 is 3.53. The van der Waals surface area contributed by atoms with Crippen molar-refractivity contribution < 1.29 is 0 Å². The van der Waals surface area contributed by atoms with Crippen molar-refractivity contribution in [3.8, 4) is 5.69 Å².